The van der Waals surface area contributed by atoms with Gasteiger partial charge in [-0.15, -0.1) is 0 Å². The van der Waals surface area contributed by atoms with Crippen LogP contribution in [0.4, 0.5) is 5.69 Å². The van der Waals surface area contributed by atoms with Crippen molar-refractivity contribution in [2.45, 2.75) is 41.0 Å². The van der Waals surface area contributed by atoms with Crippen LogP contribution >= 0.6 is 0 Å². The number of phenolic OH excluding ortho intramolecular Hbond substituents is 1. The summed E-state index contributed by atoms with van der Waals surface area (Å²) < 4.78 is 0. The van der Waals surface area contributed by atoms with Crippen LogP contribution in [0.15, 0.2) is 12.1 Å². The molecule has 0 spiro atoms. The van der Waals surface area contributed by atoms with Crippen LogP contribution in [0.1, 0.15) is 38.3 Å². The molecule has 1 aromatic carbocycles. The molecule has 0 radical (unpaired) electrons. The Kier molecular flexibility index (Phi) is 3.84. The molecular weight excluding hydrogens is 198 g/mol. The van der Waals surface area contributed by atoms with E-state index < -0.39 is 0 Å². The van der Waals surface area contributed by atoms with Gasteiger partial charge in [0.1, 0.15) is 5.75 Å². The Morgan fingerprint density at radius 1 is 1.12 bits per heavy atom. The second-order valence-electron chi connectivity index (χ2n) is 5.69. The summed E-state index contributed by atoms with van der Waals surface area (Å²) in [4.78, 5) is 0. The first-order valence-corrected chi connectivity index (χ1v) is 5.84. The molecule has 0 amide bonds. The van der Waals surface area contributed by atoms with E-state index in [1.54, 1.807) is 0 Å². The van der Waals surface area contributed by atoms with Gasteiger partial charge in [0.05, 0.1) is 0 Å². The van der Waals surface area contributed by atoms with Gasteiger partial charge < -0.3 is 10.4 Å². The van der Waals surface area contributed by atoms with E-state index in [0.717, 1.165) is 29.8 Å². The minimum atomic E-state index is 0.354. The molecule has 16 heavy (non-hydrogen) atoms. The van der Waals surface area contributed by atoms with Crippen molar-refractivity contribution in [3.05, 3.63) is 23.3 Å². The van der Waals surface area contributed by atoms with Crippen LogP contribution in [-0.4, -0.2) is 11.7 Å². The summed E-state index contributed by atoms with van der Waals surface area (Å²) >= 11 is 0. The SMILES string of the molecule is Cc1cc(NCCC(C)(C)C)c(C)cc1O. The van der Waals surface area contributed by atoms with Crippen molar-refractivity contribution in [1.82, 2.24) is 0 Å². The lowest BCUT2D eigenvalue weighted by molar-refractivity contribution is 0.389. The molecule has 0 bridgehead atoms. The summed E-state index contributed by atoms with van der Waals surface area (Å²) in [6.45, 7) is 11.6. The Bertz CT molecular complexity index is 364. The molecule has 0 aliphatic rings. The average molecular weight is 221 g/mol. The maximum absolute atomic E-state index is 9.55. The lowest BCUT2D eigenvalue weighted by atomic mass is 9.92. The van der Waals surface area contributed by atoms with Crippen molar-refractivity contribution in [3.63, 3.8) is 0 Å². The Morgan fingerprint density at radius 2 is 1.75 bits per heavy atom. The fraction of sp³-hybridized carbons (Fsp3) is 0.571. The lowest BCUT2D eigenvalue weighted by Crippen LogP contribution is -2.13. The molecule has 1 aromatic rings. The second kappa shape index (κ2) is 4.77. The third kappa shape index (κ3) is 3.76. The molecule has 0 aliphatic carbocycles. The van der Waals surface area contributed by atoms with E-state index in [1.165, 1.54) is 0 Å². The van der Waals surface area contributed by atoms with Crippen LogP contribution in [-0.2, 0) is 0 Å². The quantitative estimate of drug-likeness (QED) is 0.760. The number of rotatable bonds is 3. The number of aryl methyl sites for hydroxylation is 2. The second-order valence-corrected chi connectivity index (χ2v) is 5.69. The highest BCUT2D eigenvalue weighted by molar-refractivity contribution is 5.56. The van der Waals surface area contributed by atoms with Gasteiger partial charge in [-0.1, -0.05) is 20.8 Å². The molecule has 0 aliphatic heterocycles. The van der Waals surface area contributed by atoms with Crippen molar-refractivity contribution in [2.75, 3.05) is 11.9 Å². The third-order valence-electron chi connectivity index (χ3n) is 2.73. The molecule has 2 nitrogen and oxygen atoms in total. The summed E-state index contributed by atoms with van der Waals surface area (Å²) in [6, 6.07) is 3.82. The Balaban J connectivity index is 2.64. The standard InChI is InChI=1S/C14H23NO/c1-10-9-13(16)11(2)8-12(10)15-7-6-14(3,4)5/h8-9,15-16H,6-7H2,1-5H3. The van der Waals surface area contributed by atoms with Gasteiger partial charge in [-0.05, 0) is 48.9 Å². The van der Waals surface area contributed by atoms with E-state index in [1.807, 2.05) is 26.0 Å². The van der Waals surface area contributed by atoms with Crippen molar-refractivity contribution < 1.29 is 5.11 Å². The molecule has 2 N–H and O–H groups in total. The van der Waals surface area contributed by atoms with Crippen molar-refractivity contribution in [2.24, 2.45) is 5.41 Å². The fourth-order valence-electron chi connectivity index (χ4n) is 1.56. The highest BCUT2D eigenvalue weighted by Gasteiger charge is 2.10. The van der Waals surface area contributed by atoms with Crippen molar-refractivity contribution >= 4 is 5.69 Å². The topological polar surface area (TPSA) is 32.3 Å². The third-order valence-corrected chi connectivity index (χ3v) is 2.73. The molecule has 0 heterocycles. The van der Waals surface area contributed by atoms with E-state index >= 15 is 0 Å². The molecule has 0 aromatic heterocycles. The molecule has 2 heteroatoms. The summed E-state index contributed by atoms with van der Waals surface area (Å²) in [7, 11) is 0. The highest BCUT2D eigenvalue weighted by Crippen LogP contribution is 2.25. The lowest BCUT2D eigenvalue weighted by Gasteiger charge is -2.19. The number of phenols is 1. The van der Waals surface area contributed by atoms with E-state index in [2.05, 4.69) is 26.1 Å². The zero-order chi connectivity index (χ0) is 12.3. The van der Waals surface area contributed by atoms with Gasteiger partial charge in [0, 0.05) is 12.2 Å². The molecule has 0 saturated heterocycles. The fourth-order valence-corrected chi connectivity index (χ4v) is 1.56. The highest BCUT2D eigenvalue weighted by atomic mass is 16.3. The number of hydrogen-bond donors (Lipinski definition) is 2. The Morgan fingerprint density at radius 3 is 2.31 bits per heavy atom. The van der Waals surface area contributed by atoms with Crippen LogP contribution in [0.2, 0.25) is 0 Å². The number of nitrogens with one attached hydrogen (secondary N) is 1. The zero-order valence-electron chi connectivity index (χ0n) is 11.0. The van der Waals surface area contributed by atoms with E-state index in [4.69, 9.17) is 0 Å². The summed E-state index contributed by atoms with van der Waals surface area (Å²) in [5.41, 5.74) is 3.49. The van der Waals surface area contributed by atoms with Gasteiger partial charge in [-0.2, -0.15) is 0 Å². The normalized spacial score (nSPS) is 11.6. The molecule has 0 atom stereocenters. The number of benzene rings is 1. The van der Waals surface area contributed by atoms with Crippen molar-refractivity contribution in [3.8, 4) is 5.75 Å². The van der Waals surface area contributed by atoms with Gasteiger partial charge in [-0.25, -0.2) is 0 Å². The molecule has 0 saturated carbocycles. The number of aromatic hydroxyl groups is 1. The maximum atomic E-state index is 9.55. The first kappa shape index (κ1) is 12.9. The molecule has 1 rings (SSSR count). The van der Waals surface area contributed by atoms with Gasteiger partial charge in [-0.3, -0.25) is 0 Å². The molecular formula is C14H23NO. The predicted octanol–water partition coefficient (Wildman–Crippen LogP) is 3.86. The molecule has 0 fully saturated rings. The number of anilines is 1. The smallest absolute Gasteiger partial charge is 0.118 e. The minimum Gasteiger partial charge on any atom is -0.508 e. The first-order chi connectivity index (χ1) is 7.29. The monoisotopic (exact) mass is 221 g/mol. The Labute approximate surface area is 98.7 Å². The summed E-state index contributed by atoms with van der Waals surface area (Å²) in [5.74, 6) is 0.374. The van der Waals surface area contributed by atoms with E-state index in [-0.39, 0.29) is 0 Å². The molecule has 0 unspecified atom stereocenters. The van der Waals surface area contributed by atoms with Gasteiger partial charge >= 0.3 is 0 Å². The van der Waals surface area contributed by atoms with Gasteiger partial charge in [0.2, 0.25) is 0 Å². The van der Waals surface area contributed by atoms with Gasteiger partial charge in [0.25, 0.3) is 0 Å². The van der Waals surface area contributed by atoms with Crippen LogP contribution in [0.5, 0.6) is 5.75 Å². The van der Waals surface area contributed by atoms with Crippen LogP contribution in [0, 0.1) is 19.3 Å². The van der Waals surface area contributed by atoms with E-state index in [0.29, 0.717) is 11.2 Å². The predicted molar refractivity (Wildman–Crippen MR) is 70.1 cm³/mol. The maximum Gasteiger partial charge on any atom is 0.118 e. The Hall–Kier alpha value is -1.18. The molecule has 90 valence electrons. The summed E-state index contributed by atoms with van der Waals surface area (Å²) in [6.07, 6.45) is 1.13. The zero-order valence-corrected chi connectivity index (χ0v) is 11.0. The average Bonchev–Trinajstić information content (AvgIpc) is 2.11. The van der Waals surface area contributed by atoms with Crippen LogP contribution in [0.3, 0.4) is 0 Å². The van der Waals surface area contributed by atoms with E-state index in [9.17, 15) is 5.11 Å². The first-order valence-electron chi connectivity index (χ1n) is 5.84. The summed E-state index contributed by atoms with van der Waals surface area (Å²) in [5, 5.41) is 13.0. The van der Waals surface area contributed by atoms with Gasteiger partial charge in [0.15, 0.2) is 0 Å². The minimum absolute atomic E-state index is 0.354. The van der Waals surface area contributed by atoms with Crippen LogP contribution < -0.4 is 5.32 Å². The largest absolute Gasteiger partial charge is 0.508 e. The van der Waals surface area contributed by atoms with Crippen LogP contribution in [0.25, 0.3) is 0 Å². The van der Waals surface area contributed by atoms with Crippen molar-refractivity contribution in [1.29, 1.82) is 0 Å². The number of hydrogen-bond acceptors (Lipinski definition) is 2.